The second kappa shape index (κ2) is 6.86. The van der Waals surface area contributed by atoms with E-state index in [-0.39, 0.29) is 16.6 Å². The average molecular weight is 402 g/mol. The molecule has 0 aliphatic carbocycles. The first-order valence-corrected chi connectivity index (χ1v) is 9.18. The van der Waals surface area contributed by atoms with Gasteiger partial charge in [0.05, 0.1) is 0 Å². The summed E-state index contributed by atoms with van der Waals surface area (Å²) in [7, 11) is 1.30. The van der Waals surface area contributed by atoms with Crippen LogP contribution in [0.5, 0.6) is 0 Å². The molecule has 0 aromatic carbocycles. The number of ether oxygens (including phenoxy) is 1. The number of carboxylic acid groups (broad SMARTS) is 2. The Labute approximate surface area is 154 Å². The fraction of sp³-hybridized carbons (Fsp3) is 0.500. The van der Waals surface area contributed by atoms with Gasteiger partial charge < -0.3 is 14.9 Å². The molecule has 1 unspecified atom stereocenters. The van der Waals surface area contributed by atoms with Crippen molar-refractivity contribution in [3.63, 3.8) is 0 Å². The van der Waals surface area contributed by atoms with E-state index in [0.29, 0.717) is 11.3 Å². The van der Waals surface area contributed by atoms with E-state index in [1.54, 1.807) is 0 Å². The van der Waals surface area contributed by atoms with Crippen molar-refractivity contribution in [2.24, 2.45) is 5.73 Å². The van der Waals surface area contributed by atoms with Crippen LogP contribution in [0.3, 0.4) is 0 Å². The monoisotopic (exact) mass is 402 g/mol. The van der Waals surface area contributed by atoms with Gasteiger partial charge in [0.15, 0.2) is 0 Å². The lowest BCUT2D eigenvalue weighted by molar-refractivity contribution is -0.182. The van der Waals surface area contributed by atoms with Crippen LogP contribution in [0.25, 0.3) is 0 Å². The molecule has 14 heteroatoms. The van der Waals surface area contributed by atoms with Crippen molar-refractivity contribution in [1.82, 2.24) is 25.1 Å². The van der Waals surface area contributed by atoms with E-state index in [9.17, 15) is 19.5 Å². The number of aliphatic carboxylic acids is 2. The number of aromatic nitrogens is 4. The zero-order valence-corrected chi connectivity index (χ0v) is 15.0. The number of thioether (sulfide) groups is 2. The Morgan fingerprint density at radius 3 is 2.85 bits per heavy atom. The van der Waals surface area contributed by atoms with Crippen LogP contribution in [0.15, 0.2) is 16.4 Å². The lowest BCUT2D eigenvalue weighted by Gasteiger charge is -2.54. The first kappa shape index (κ1) is 18.6. The van der Waals surface area contributed by atoms with Gasteiger partial charge in [0, 0.05) is 18.6 Å². The van der Waals surface area contributed by atoms with Gasteiger partial charge in [0.2, 0.25) is 10.9 Å². The number of tetrazole rings is 1. The maximum Gasteiger partial charge on any atom is 0.352 e. The van der Waals surface area contributed by atoms with Crippen LogP contribution in [-0.2, 0) is 25.7 Å². The van der Waals surface area contributed by atoms with Gasteiger partial charge in [-0.15, -0.1) is 16.9 Å². The van der Waals surface area contributed by atoms with Crippen molar-refractivity contribution in [1.29, 1.82) is 0 Å². The summed E-state index contributed by atoms with van der Waals surface area (Å²) in [5.41, 5.74) is 4.70. The number of carboxylic acids is 2. The third-order valence-electron chi connectivity index (χ3n) is 3.85. The van der Waals surface area contributed by atoms with Crippen LogP contribution in [0.1, 0.15) is 0 Å². The normalized spacial score (nSPS) is 25.1. The number of methoxy groups -OCH3 is 1. The Hall–Kier alpha value is -2.16. The summed E-state index contributed by atoms with van der Waals surface area (Å²) in [6.07, 6.45) is 0. The van der Waals surface area contributed by atoms with Crippen LogP contribution in [-0.4, -0.2) is 82.9 Å². The first-order valence-electron chi connectivity index (χ1n) is 7.15. The number of nitrogens with two attached hydrogens (primary N) is 1. The Balaban J connectivity index is 1.81. The Morgan fingerprint density at radius 2 is 2.23 bits per heavy atom. The van der Waals surface area contributed by atoms with Gasteiger partial charge in [-0.05, 0) is 16.0 Å². The Kier molecular flexibility index (Phi) is 4.92. The number of fused-ring (bicyclic) bond motifs is 1. The van der Waals surface area contributed by atoms with Gasteiger partial charge in [0.25, 0.3) is 5.91 Å². The molecule has 1 aromatic rings. The SMILES string of the molecule is COC1(N)C(=O)N2C(C(=O)O)=C(CSc3nnnn3CC(=O)O)CS[C@@H]21. The molecule has 12 nitrogen and oxygen atoms in total. The van der Waals surface area contributed by atoms with Crippen LogP contribution >= 0.6 is 23.5 Å². The molecule has 2 aliphatic heterocycles. The van der Waals surface area contributed by atoms with Gasteiger partial charge in [-0.2, -0.15) is 0 Å². The topological polar surface area (TPSA) is 174 Å². The largest absolute Gasteiger partial charge is 0.480 e. The van der Waals surface area contributed by atoms with Crippen LogP contribution in [0, 0.1) is 0 Å². The molecule has 1 amide bonds. The summed E-state index contributed by atoms with van der Waals surface area (Å²) < 4.78 is 6.14. The molecule has 1 aromatic heterocycles. The molecule has 1 fully saturated rings. The number of rotatable bonds is 7. The highest BCUT2D eigenvalue weighted by Crippen LogP contribution is 2.45. The second-order valence-electron chi connectivity index (χ2n) is 5.39. The number of amides is 1. The molecule has 2 atom stereocenters. The summed E-state index contributed by atoms with van der Waals surface area (Å²) in [4.78, 5) is 35.9. The van der Waals surface area contributed by atoms with Crippen molar-refractivity contribution >= 4 is 41.4 Å². The third kappa shape index (κ3) is 2.94. The molecule has 0 spiro atoms. The van der Waals surface area contributed by atoms with Crippen molar-refractivity contribution in [3.8, 4) is 0 Å². The highest BCUT2D eigenvalue weighted by Gasteiger charge is 2.63. The summed E-state index contributed by atoms with van der Waals surface area (Å²) in [5.74, 6) is -2.47. The highest BCUT2D eigenvalue weighted by molar-refractivity contribution is 8.01. The number of β-lactam (4-membered cyclic amide) rings is 1. The smallest absolute Gasteiger partial charge is 0.352 e. The van der Waals surface area contributed by atoms with E-state index in [1.807, 2.05) is 0 Å². The minimum Gasteiger partial charge on any atom is -0.480 e. The van der Waals surface area contributed by atoms with Gasteiger partial charge in [-0.3, -0.25) is 20.2 Å². The second-order valence-corrected chi connectivity index (χ2v) is 7.41. The number of carbonyl (C=O) groups excluding carboxylic acids is 1. The molecule has 0 saturated carbocycles. The first-order chi connectivity index (χ1) is 12.3. The van der Waals surface area contributed by atoms with Gasteiger partial charge in [-0.1, -0.05) is 11.8 Å². The molecule has 0 bridgehead atoms. The fourth-order valence-electron chi connectivity index (χ4n) is 2.59. The summed E-state index contributed by atoms with van der Waals surface area (Å²) >= 11 is 2.38. The summed E-state index contributed by atoms with van der Waals surface area (Å²) in [6.45, 7) is -0.412. The van der Waals surface area contributed by atoms with Crippen molar-refractivity contribution in [2.45, 2.75) is 22.8 Å². The molecule has 3 heterocycles. The minimum atomic E-state index is -1.53. The molecular weight excluding hydrogens is 388 g/mol. The predicted molar refractivity (Wildman–Crippen MR) is 87.9 cm³/mol. The lowest BCUT2D eigenvalue weighted by Crippen LogP contribution is -2.78. The van der Waals surface area contributed by atoms with Crippen molar-refractivity contribution in [3.05, 3.63) is 11.3 Å². The quantitative estimate of drug-likeness (QED) is 0.271. The average Bonchev–Trinajstić information content (AvgIpc) is 3.03. The van der Waals surface area contributed by atoms with Gasteiger partial charge >= 0.3 is 11.9 Å². The summed E-state index contributed by atoms with van der Waals surface area (Å²) in [5, 5.41) is 28.7. The van der Waals surface area contributed by atoms with Crippen LogP contribution in [0.2, 0.25) is 0 Å². The fourth-order valence-corrected chi connectivity index (χ4v) is 5.00. The van der Waals surface area contributed by atoms with Crippen LogP contribution < -0.4 is 5.73 Å². The maximum absolute atomic E-state index is 12.3. The molecule has 1 saturated heterocycles. The lowest BCUT2D eigenvalue weighted by atomic mass is 10.00. The number of carbonyl (C=O) groups is 3. The van der Waals surface area contributed by atoms with Gasteiger partial charge in [-0.25, -0.2) is 9.48 Å². The van der Waals surface area contributed by atoms with E-state index in [4.69, 9.17) is 15.6 Å². The van der Waals surface area contributed by atoms with E-state index in [1.165, 1.54) is 18.9 Å². The van der Waals surface area contributed by atoms with E-state index < -0.39 is 35.5 Å². The highest BCUT2D eigenvalue weighted by atomic mass is 32.2. The predicted octanol–water partition coefficient (Wildman–Crippen LogP) is -1.59. The Bertz CT molecular complexity index is 812. The third-order valence-corrected chi connectivity index (χ3v) is 6.28. The van der Waals surface area contributed by atoms with E-state index >= 15 is 0 Å². The zero-order valence-electron chi connectivity index (χ0n) is 13.4. The minimum absolute atomic E-state index is 0.137. The molecule has 2 aliphatic rings. The van der Waals surface area contributed by atoms with E-state index in [0.717, 1.165) is 21.3 Å². The molecule has 0 radical (unpaired) electrons. The molecule has 4 N–H and O–H groups in total. The molecule has 26 heavy (non-hydrogen) atoms. The maximum atomic E-state index is 12.3. The standard InChI is InChI=1S/C12H14N6O6S2/c1-24-12(13)9(23)18-7(8(21)22)5(3-25-10(12)18)4-26-11-14-15-16-17(11)2-6(19)20/h10H,2-4,13H2,1H3,(H,19,20)(H,21,22)/t10-,12?/m1/s1. The molecular formula is C12H14N6O6S2. The number of hydrogen-bond acceptors (Lipinski definition) is 10. The number of nitrogens with zero attached hydrogens (tertiary/aromatic N) is 5. The molecule has 3 rings (SSSR count). The number of hydrogen-bond donors (Lipinski definition) is 3. The van der Waals surface area contributed by atoms with Gasteiger partial charge in [0.1, 0.15) is 17.6 Å². The van der Waals surface area contributed by atoms with Crippen molar-refractivity contribution < 1.29 is 29.3 Å². The van der Waals surface area contributed by atoms with E-state index in [2.05, 4.69) is 15.5 Å². The van der Waals surface area contributed by atoms with Crippen molar-refractivity contribution in [2.75, 3.05) is 18.6 Å². The molecule has 140 valence electrons. The Morgan fingerprint density at radius 1 is 1.50 bits per heavy atom. The zero-order chi connectivity index (χ0) is 19.1. The summed E-state index contributed by atoms with van der Waals surface area (Å²) in [6, 6.07) is 0. The van der Waals surface area contributed by atoms with Crippen LogP contribution in [0.4, 0.5) is 0 Å².